The topological polar surface area (TPSA) is 40.5 Å². The summed E-state index contributed by atoms with van der Waals surface area (Å²) in [6.45, 7) is 2.39. The molecule has 2 aliphatic rings. The first-order valence-electron chi connectivity index (χ1n) is 8.34. The number of benzene rings is 2. The van der Waals surface area contributed by atoms with Gasteiger partial charge in [-0.3, -0.25) is 4.79 Å². The Balaban J connectivity index is 1.72. The molecule has 2 aromatic rings. The third-order valence-corrected chi connectivity index (χ3v) is 6.27. The number of carbonyl (C=O) groups is 1. The van der Waals surface area contributed by atoms with Crippen LogP contribution in [0.15, 0.2) is 59.1 Å². The molecule has 1 saturated carbocycles. The van der Waals surface area contributed by atoms with Crippen molar-refractivity contribution in [3.05, 3.63) is 64.6 Å². The third-order valence-electron chi connectivity index (χ3n) is 5.74. The molecule has 1 saturated heterocycles. The Morgan fingerprint density at radius 2 is 1.79 bits per heavy atom. The summed E-state index contributed by atoms with van der Waals surface area (Å²) in [5.41, 5.74) is 0.934. The minimum absolute atomic E-state index is 0.0211. The van der Waals surface area contributed by atoms with E-state index in [0.717, 1.165) is 16.6 Å². The summed E-state index contributed by atoms with van der Waals surface area (Å²) in [6.07, 6.45) is 0.749. The molecule has 0 aromatic heterocycles. The molecule has 0 unspecified atom stereocenters. The van der Waals surface area contributed by atoms with Gasteiger partial charge in [-0.25, -0.2) is 0 Å². The molecule has 4 heteroatoms. The number of hydrogen-bond donors (Lipinski definition) is 1. The van der Waals surface area contributed by atoms with Crippen molar-refractivity contribution < 1.29 is 9.90 Å². The first-order chi connectivity index (χ1) is 11.5. The number of hydrogen-bond acceptors (Lipinski definition) is 3. The van der Waals surface area contributed by atoms with Crippen LogP contribution in [-0.2, 0) is 4.79 Å². The van der Waals surface area contributed by atoms with E-state index in [1.54, 1.807) is 0 Å². The Kier molecular flexibility index (Phi) is 3.77. The number of halogens is 1. The lowest BCUT2D eigenvalue weighted by atomic mass is 9.67. The molecule has 3 nitrogen and oxygen atoms in total. The molecule has 0 spiro atoms. The minimum atomic E-state index is -1.27. The predicted molar refractivity (Wildman–Crippen MR) is 98.2 cm³/mol. The number of para-hydroxylation sites is 1. The normalized spacial score (nSPS) is 32.2. The summed E-state index contributed by atoms with van der Waals surface area (Å²) in [5.74, 6) is 0.0582. The maximum atomic E-state index is 12.8. The number of rotatable bonds is 2. The minimum Gasteiger partial charge on any atom is -0.380 e. The highest BCUT2D eigenvalue weighted by Crippen LogP contribution is 2.48. The van der Waals surface area contributed by atoms with Gasteiger partial charge < -0.3 is 10.0 Å². The van der Waals surface area contributed by atoms with E-state index in [9.17, 15) is 9.90 Å². The van der Waals surface area contributed by atoms with Crippen LogP contribution in [0, 0.1) is 5.92 Å². The van der Waals surface area contributed by atoms with Crippen LogP contribution < -0.4 is 4.90 Å². The maximum absolute atomic E-state index is 12.8. The number of Topliss-reactive ketones (excluding diaryl/α,β-unsaturated/α-hetero) is 1. The summed E-state index contributed by atoms with van der Waals surface area (Å²) in [7, 11) is 0. The van der Waals surface area contributed by atoms with Crippen molar-refractivity contribution in [3.63, 3.8) is 0 Å². The highest BCUT2D eigenvalue weighted by Gasteiger charge is 2.60. The fourth-order valence-corrected chi connectivity index (χ4v) is 4.55. The molecular formula is C20H20BrNO2. The lowest BCUT2D eigenvalue weighted by Crippen LogP contribution is -2.51. The van der Waals surface area contributed by atoms with Crippen molar-refractivity contribution in [1.29, 1.82) is 0 Å². The molecule has 4 rings (SSSR count). The Bertz CT molecular complexity index is 761. The average molecular weight is 386 g/mol. The van der Waals surface area contributed by atoms with E-state index in [1.807, 2.05) is 49.4 Å². The molecule has 24 heavy (non-hydrogen) atoms. The van der Waals surface area contributed by atoms with Gasteiger partial charge in [0.25, 0.3) is 0 Å². The fourth-order valence-electron chi connectivity index (χ4n) is 4.28. The van der Waals surface area contributed by atoms with Gasteiger partial charge in [0.2, 0.25) is 0 Å². The van der Waals surface area contributed by atoms with Gasteiger partial charge >= 0.3 is 0 Å². The van der Waals surface area contributed by atoms with Crippen LogP contribution in [0.5, 0.6) is 0 Å². The second-order valence-electron chi connectivity index (χ2n) is 6.95. The zero-order chi connectivity index (χ0) is 16.9. The molecule has 2 bridgehead atoms. The smallest absolute Gasteiger partial charge is 0.188 e. The number of carbonyl (C=O) groups excluding carboxylic acids is 1. The molecule has 1 N–H and O–H groups in total. The number of anilines is 1. The SMILES string of the molecule is C[C@@H]1[C@H](c2ccc(Br)cc2)C[C@H]2C(=O)[C@]1(O)CN2c1ccccc1. The summed E-state index contributed by atoms with van der Waals surface area (Å²) in [5, 5.41) is 11.2. The van der Waals surface area contributed by atoms with Crippen LogP contribution >= 0.6 is 15.9 Å². The Morgan fingerprint density at radius 3 is 2.46 bits per heavy atom. The molecule has 0 amide bonds. The van der Waals surface area contributed by atoms with Crippen molar-refractivity contribution in [2.24, 2.45) is 5.92 Å². The monoisotopic (exact) mass is 385 g/mol. The summed E-state index contributed by atoms with van der Waals surface area (Å²) in [6, 6.07) is 17.9. The van der Waals surface area contributed by atoms with E-state index in [2.05, 4.69) is 33.0 Å². The van der Waals surface area contributed by atoms with Gasteiger partial charge in [-0.05, 0) is 42.2 Å². The fraction of sp³-hybridized carbons (Fsp3) is 0.350. The largest absolute Gasteiger partial charge is 0.380 e. The summed E-state index contributed by atoms with van der Waals surface area (Å²) < 4.78 is 1.04. The van der Waals surface area contributed by atoms with Gasteiger partial charge in [0.1, 0.15) is 5.60 Å². The Morgan fingerprint density at radius 1 is 1.12 bits per heavy atom. The number of nitrogens with zero attached hydrogens (tertiary/aromatic N) is 1. The van der Waals surface area contributed by atoms with Crippen LogP contribution in [0.25, 0.3) is 0 Å². The van der Waals surface area contributed by atoms with Gasteiger partial charge in [-0.2, -0.15) is 0 Å². The number of β-amino-alcohol motifs (C(OH)–C–C–N with tert-alkyl or cyclic N) is 1. The quantitative estimate of drug-likeness (QED) is 0.855. The van der Waals surface area contributed by atoms with Gasteiger partial charge in [-0.15, -0.1) is 0 Å². The lowest BCUT2D eigenvalue weighted by Gasteiger charge is -2.38. The summed E-state index contributed by atoms with van der Waals surface area (Å²) >= 11 is 3.47. The van der Waals surface area contributed by atoms with Gasteiger partial charge in [-0.1, -0.05) is 53.2 Å². The molecule has 1 aliphatic heterocycles. The third kappa shape index (κ3) is 2.32. The summed E-state index contributed by atoms with van der Waals surface area (Å²) in [4.78, 5) is 14.9. The van der Waals surface area contributed by atoms with Crippen molar-refractivity contribution in [1.82, 2.24) is 0 Å². The van der Waals surface area contributed by atoms with E-state index < -0.39 is 5.60 Å². The predicted octanol–water partition coefficient (Wildman–Crippen LogP) is 3.76. The van der Waals surface area contributed by atoms with Crippen LogP contribution in [-0.4, -0.2) is 29.1 Å². The molecule has 1 heterocycles. The van der Waals surface area contributed by atoms with E-state index in [-0.39, 0.29) is 23.7 Å². The zero-order valence-electron chi connectivity index (χ0n) is 13.5. The van der Waals surface area contributed by atoms with Crippen LogP contribution in [0.3, 0.4) is 0 Å². The maximum Gasteiger partial charge on any atom is 0.188 e. The first kappa shape index (κ1) is 15.9. The number of ketones is 1. The first-order valence-corrected chi connectivity index (χ1v) is 9.14. The highest BCUT2D eigenvalue weighted by molar-refractivity contribution is 9.10. The second-order valence-corrected chi connectivity index (χ2v) is 7.87. The van der Waals surface area contributed by atoms with Crippen molar-refractivity contribution in [2.45, 2.75) is 30.9 Å². The lowest BCUT2D eigenvalue weighted by molar-refractivity contribution is -0.142. The van der Waals surface area contributed by atoms with E-state index in [1.165, 1.54) is 5.56 Å². The van der Waals surface area contributed by atoms with Crippen LogP contribution in [0.1, 0.15) is 24.8 Å². The average Bonchev–Trinajstić information content (AvgIpc) is 2.78. The molecule has 2 fully saturated rings. The van der Waals surface area contributed by atoms with E-state index >= 15 is 0 Å². The molecule has 124 valence electrons. The van der Waals surface area contributed by atoms with Gasteiger partial charge in [0.05, 0.1) is 12.6 Å². The Labute approximate surface area is 150 Å². The molecule has 0 radical (unpaired) electrons. The molecular weight excluding hydrogens is 366 g/mol. The van der Waals surface area contributed by atoms with Crippen molar-refractivity contribution >= 4 is 27.4 Å². The van der Waals surface area contributed by atoms with E-state index in [0.29, 0.717) is 6.54 Å². The van der Waals surface area contributed by atoms with Gasteiger partial charge in [0, 0.05) is 16.1 Å². The number of aliphatic hydroxyl groups is 1. The highest BCUT2D eigenvalue weighted by atomic mass is 79.9. The van der Waals surface area contributed by atoms with E-state index in [4.69, 9.17) is 0 Å². The van der Waals surface area contributed by atoms with Crippen molar-refractivity contribution in [2.75, 3.05) is 11.4 Å². The standard InChI is InChI=1S/C20H20BrNO2/c1-13-17(14-7-9-15(21)10-8-14)11-18-19(23)20(13,24)12-22(18)16-5-3-2-4-6-16/h2-10,13,17-18,24H,11-12H2,1H3/t13-,17-,18+,20+/m1/s1. The second kappa shape index (κ2) is 5.71. The molecule has 1 aliphatic carbocycles. The zero-order valence-corrected chi connectivity index (χ0v) is 15.1. The Hall–Kier alpha value is -1.65. The van der Waals surface area contributed by atoms with Crippen LogP contribution in [0.2, 0.25) is 0 Å². The molecule has 2 aromatic carbocycles. The van der Waals surface area contributed by atoms with Crippen LogP contribution in [0.4, 0.5) is 5.69 Å². The van der Waals surface area contributed by atoms with Gasteiger partial charge in [0.15, 0.2) is 5.78 Å². The van der Waals surface area contributed by atoms with Crippen molar-refractivity contribution in [3.8, 4) is 0 Å². The number of fused-ring (bicyclic) bond motifs is 2. The molecule has 4 atom stereocenters.